The quantitative estimate of drug-likeness (QED) is 0.518. The monoisotopic (exact) mass is 438 g/mol. The number of ether oxygens (including phenoxy) is 1. The minimum atomic E-state index is -0.265. The number of nitrogens with one attached hydrogen (secondary N) is 2. The van der Waals surface area contributed by atoms with Crippen LogP contribution in [0.25, 0.3) is 16.9 Å². The summed E-state index contributed by atoms with van der Waals surface area (Å²) in [6.07, 6.45) is 3.65. The first-order valence-corrected chi connectivity index (χ1v) is 11.2. The van der Waals surface area contributed by atoms with Gasteiger partial charge >= 0.3 is 6.09 Å². The third kappa shape index (κ3) is 4.91. The molecule has 1 aliphatic heterocycles. The van der Waals surface area contributed by atoms with Crippen LogP contribution in [0.1, 0.15) is 26.7 Å². The molecule has 0 radical (unpaired) electrons. The van der Waals surface area contributed by atoms with Gasteiger partial charge in [0.15, 0.2) is 17.0 Å². The number of benzene rings is 1. The number of carbonyl (C=O) groups is 1. The van der Waals surface area contributed by atoms with Crippen LogP contribution in [0.5, 0.6) is 0 Å². The van der Waals surface area contributed by atoms with Gasteiger partial charge in [-0.05, 0) is 25.5 Å². The highest BCUT2D eigenvalue weighted by atomic mass is 16.6. The second-order valence-electron chi connectivity index (χ2n) is 7.58. The number of piperazine rings is 1. The van der Waals surface area contributed by atoms with Crippen LogP contribution in [0.3, 0.4) is 0 Å². The maximum atomic E-state index is 11.9. The number of carbonyl (C=O) groups excluding carboxylic acids is 1. The van der Waals surface area contributed by atoms with Crippen molar-refractivity contribution in [1.29, 1.82) is 0 Å². The Morgan fingerprint density at radius 3 is 2.59 bits per heavy atom. The molecule has 0 bridgehead atoms. The number of hydrogen-bond acceptors (Lipinski definition) is 8. The Morgan fingerprint density at radius 1 is 1.09 bits per heavy atom. The molecule has 1 saturated heterocycles. The molecule has 170 valence electrons. The molecule has 1 amide bonds. The molecule has 1 aliphatic rings. The van der Waals surface area contributed by atoms with Crippen LogP contribution >= 0.6 is 0 Å². The van der Waals surface area contributed by atoms with Gasteiger partial charge in [-0.1, -0.05) is 31.5 Å². The summed E-state index contributed by atoms with van der Waals surface area (Å²) in [5, 5.41) is 5.44. The zero-order valence-electron chi connectivity index (χ0n) is 18.6. The van der Waals surface area contributed by atoms with Gasteiger partial charge in [0.25, 0.3) is 0 Å². The molecular formula is C22H30N8O2. The lowest BCUT2D eigenvalue weighted by molar-refractivity contribution is 0.0851. The number of nitrogens with zero attached hydrogens (tertiary/aromatic N) is 6. The molecule has 3 aromatic rings. The van der Waals surface area contributed by atoms with E-state index in [2.05, 4.69) is 22.7 Å². The largest absolute Gasteiger partial charge is 0.450 e. The van der Waals surface area contributed by atoms with Crippen LogP contribution in [0.4, 0.5) is 16.6 Å². The van der Waals surface area contributed by atoms with Gasteiger partial charge in [-0.15, -0.1) is 0 Å². The van der Waals surface area contributed by atoms with Crippen LogP contribution < -0.4 is 10.7 Å². The van der Waals surface area contributed by atoms with E-state index in [-0.39, 0.29) is 6.09 Å². The van der Waals surface area contributed by atoms with Gasteiger partial charge in [-0.25, -0.2) is 14.8 Å². The fraction of sp³-hybridized carbons (Fsp3) is 0.455. The van der Waals surface area contributed by atoms with Crippen molar-refractivity contribution >= 4 is 29.0 Å². The molecule has 0 saturated carbocycles. The lowest BCUT2D eigenvalue weighted by atomic mass is 10.3. The summed E-state index contributed by atoms with van der Waals surface area (Å²) in [5.41, 5.74) is 5.78. The summed E-state index contributed by atoms with van der Waals surface area (Å²) >= 11 is 0. The average molecular weight is 439 g/mol. The fourth-order valence-electron chi connectivity index (χ4n) is 3.59. The van der Waals surface area contributed by atoms with Crippen molar-refractivity contribution in [2.75, 3.05) is 50.1 Å². The van der Waals surface area contributed by atoms with Crippen molar-refractivity contribution in [2.45, 2.75) is 26.7 Å². The van der Waals surface area contributed by atoms with Crippen molar-refractivity contribution in [3.63, 3.8) is 0 Å². The molecule has 0 aliphatic carbocycles. The second-order valence-corrected chi connectivity index (χ2v) is 7.58. The van der Waals surface area contributed by atoms with Gasteiger partial charge in [0.2, 0.25) is 5.95 Å². The Bertz CT molecular complexity index is 1030. The summed E-state index contributed by atoms with van der Waals surface area (Å²) < 4.78 is 7.06. The molecule has 4 rings (SSSR count). The van der Waals surface area contributed by atoms with Gasteiger partial charge < -0.3 is 15.0 Å². The Kier molecular flexibility index (Phi) is 7.00. The highest BCUT2D eigenvalue weighted by Gasteiger charge is 2.23. The van der Waals surface area contributed by atoms with Gasteiger partial charge in [0, 0.05) is 38.4 Å². The number of imidazole rings is 1. The first-order valence-electron chi connectivity index (χ1n) is 11.2. The molecule has 2 aromatic heterocycles. The number of para-hydroxylation sites is 1. The van der Waals surface area contributed by atoms with E-state index in [0.29, 0.717) is 44.6 Å². The number of aromatic nitrogens is 4. The Morgan fingerprint density at radius 2 is 1.88 bits per heavy atom. The van der Waals surface area contributed by atoms with Crippen LogP contribution in [0.15, 0.2) is 36.7 Å². The van der Waals surface area contributed by atoms with Crippen LogP contribution in [0, 0.1) is 0 Å². The van der Waals surface area contributed by atoms with E-state index in [0.717, 1.165) is 36.2 Å². The van der Waals surface area contributed by atoms with E-state index >= 15 is 0 Å². The third-order valence-corrected chi connectivity index (χ3v) is 5.32. The van der Waals surface area contributed by atoms with Crippen molar-refractivity contribution in [2.24, 2.45) is 0 Å². The van der Waals surface area contributed by atoms with Gasteiger partial charge in [-0.3, -0.25) is 9.99 Å². The summed E-state index contributed by atoms with van der Waals surface area (Å²) in [4.78, 5) is 27.7. The highest BCUT2D eigenvalue weighted by Crippen LogP contribution is 2.24. The summed E-state index contributed by atoms with van der Waals surface area (Å²) in [7, 11) is 0. The second kappa shape index (κ2) is 10.3. The normalized spacial score (nSPS) is 14.5. The smallest absolute Gasteiger partial charge is 0.409 e. The molecule has 1 aromatic carbocycles. The van der Waals surface area contributed by atoms with E-state index in [1.807, 2.05) is 46.8 Å². The first-order chi connectivity index (χ1) is 15.7. The maximum Gasteiger partial charge on any atom is 0.409 e. The molecule has 32 heavy (non-hydrogen) atoms. The van der Waals surface area contributed by atoms with Crippen molar-refractivity contribution in [1.82, 2.24) is 29.4 Å². The highest BCUT2D eigenvalue weighted by molar-refractivity contribution is 5.85. The number of anilines is 2. The van der Waals surface area contributed by atoms with Crippen LogP contribution in [0.2, 0.25) is 0 Å². The number of hydrazine groups is 1. The van der Waals surface area contributed by atoms with Crippen LogP contribution in [-0.2, 0) is 4.74 Å². The van der Waals surface area contributed by atoms with E-state index in [9.17, 15) is 4.79 Å². The lowest BCUT2D eigenvalue weighted by Crippen LogP contribution is -2.50. The molecule has 1 fully saturated rings. The molecule has 0 atom stereocenters. The van der Waals surface area contributed by atoms with E-state index < -0.39 is 0 Å². The Balaban J connectivity index is 1.56. The minimum absolute atomic E-state index is 0.265. The Labute approximate surface area is 187 Å². The third-order valence-electron chi connectivity index (χ3n) is 5.32. The van der Waals surface area contributed by atoms with E-state index in [4.69, 9.17) is 14.7 Å². The molecule has 10 heteroatoms. The van der Waals surface area contributed by atoms with Crippen molar-refractivity contribution in [3.8, 4) is 5.69 Å². The molecule has 0 unspecified atom stereocenters. The summed E-state index contributed by atoms with van der Waals surface area (Å²) in [5.74, 6) is 1.21. The molecule has 10 nitrogen and oxygen atoms in total. The van der Waals surface area contributed by atoms with Gasteiger partial charge in [-0.2, -0.15) is 9.97 Å². The molecule has 0 spiro atoms. The number of hydrogen-bond donors (Lipinski definition) is 2. The van der Waals surface area contributed by atoms with Gasteiger partial charge in [0.05, 0.1) is 6.61 Å². The molecule has 3 heterocycles. The predicted molar refractivity (Wildman–Crippen MR) is 124 cm³/mol. The minimum Gasteiger partial charge on any atom is -0.450 e. The van der Waals surface area contributed by atoms with Crippen molar-refractivity contribution in [3.05, 3.63) is 36.7 Å². The summed E-state index contributed by atoms with van der Waals surface area (Å²) in [6.45, 7) is 7.63. The first kappa shape index (κ1) is 21.8. The SMILES string of the molecule is CCCCNc1nc(NN2CCN(C(=O)OCC)CC2)nc2c1ncn2-c1ccccc1. The van der Waals surface area contributed by atoms with Gasteiger partial charge in [0.1, 0.15) is 6.33 Å². The summed E-state index contributed by atoms with van der Waals surface area (Å²) in [6, 6.07) is 10.0. The number of fused-ring (bicyclic) bond motifs is 1. The number of unbranched alkanes of at least 4 members (excludes halogenated alkanes) is 1. The van der Waals surface area contributed by atoms with Crippen molar-refractivity contribution < 1.29 is 9.53 Å². The standard InChI is InChI=1S/C22H30N8O2/c1-3-5-11-23-19-18-20(30(16-24-18)17-9-7-6-8-10-17)26-21(25-19)27-29-14-12-28(13-15-29)22(31)32-4-2/h6-10,16H,3-5,11-15H2,1-2H3,(H2,23,25,26,27). The Hall–Kier alpha value is -3.40. The van der Waals surface area contributed by atoms with E-state index in [1.54, 1.807) is 11.2 Å². The maximum absolute atomic E-state index is 11.9. The number of rotatable bonds is 8. The topological polar surface area (TPSA) is 100 Å². The zero-order chi connectivity index (χ0) is 22.3. The lowest BCUT2D eigenvalue weighted by Gasteiger charge is -2.33. The number of amides is 1. The van der Waals surface area contributed by atoms with Crippen LogP contribution in [-0.4, -0.2) is 74.9 Å². The molecular weight excluding hydrogens is 408 g/mol. The molecule has 2 N–H and O–H groups in total. The zero-order valence-corrected chi connectivity index (χ0v) is 18.6. The predicted octanol–water partition coefficient (Wildman–Crippen LogP) is 3.13. The fourth-order valence-corrected chi connectivity index (χ4v) is 3.59. The van der Waals surface area contributed by atoms with E-state index in [1.165, 1.54) is 0 Å². The average Bonchev–Trinajstić information content (AvgIpc) is 3.24.